The van der Waals surface area contributed by atoms with Crippen LogP contribution in [0.2, 0.25) is 0 Å². The third-order valence-corrected chi connectivity index (χ3v) is 1.80. The summed E-state index contributed by atoms with van der Waals surface area (Å²) in [6, 6.07) is 0. The Morgan fingerprint density at radius 2 is 1.90 bits per heavy atom. The Hall–Kier alpha value is -0.130. The van der Waals surface area contributed by atoms with E-state index in [1.807, 2.05) is 6.92 Å². The van der Waals surface area contributed by atoms with Gasteiger partial charge in [-0.1, -0.05) is 6.92 Å². The molecule has 0 saturated heterocycles. The molecule has 0 heterocycles. The first kappa shape index (κ1) is 9.87. The van der Waals surface area contributed by atoms with Gasteiger partial charge in [0.25, 0.3) is 10.1 Å². The van der Waals surface area contributed by atoms with Gasteiger partial charge in [0, 0.05) is 0 Å². The van der Waals surface area contributed by atoms with Gasteiger partial charge in [0.1, 0.15) is 0 Å². The molecule has 0 aliphatic carbocycles. The molecule has 10 heavy (non-hydrogen) atoms. The van der Waals surface area contributed by atoms with Crippen molar-refractivity contribution in [2.24, 2.45) is 0 Å². The van der Waals surface area contributed by atoms with Crippen LogP contribution in [0.3, 0.4) is 0 Å². The summed E-state index contributed by atoms with van der Waals surface area (Å²) in [6.45, 7) is 3.66. The normalized spacial score (nSPS) is 11.8. The maximum atomic E-state index is 10.5. The average Bonchev–Trinajstić information content (AvgIpc) is 1.89. The molecule has 0 fully saturated rings. The van der Waals surface area contributed by atoms with Crippen LogP contribution in [0, 0.1) is 0 Å². The molecule has 0 aliphatic rings. The topological polar surface area (TPSA) is 52.6 Å². The van der Waals surface area contributed by atoms with Gasteiger partial charge >= 0.3 is 0 Å². The van der Waals surface area contributed by atoms with Crippen molar-refractivity contribution in [2.75, 3.05) is 12.4 Å². The average molecular weight is 168 g/mol. The summed E-state index contributed by atoms with van der Waals surface area (Å²) in [6.07, 6.45) is 0.735. The molecule has 0 aromatic carbocycles. The fourth-order valence-electron chi connectivity index (χ4n) is 0.239. The number of rotatable bonds is 5. The summed E-state index contributed by atoms with van der Waals surface area (Å²) in [4.78, 5) is 4.35. The molecule has 0 aromatic heterocycles. The van der Waals surface area contributed by atoms with Crippen LogP contribution in [-0.4, -0.2) is 20.8 Å². The zero-order valence-electron chi connectivity index (χ0n) is 6.16. The third-order valence-electron chi connectivity index (χ3n) is 0.793. The monoisotopic (exact) mass is 168 g/mol. The van der Waals surface area contributed by atoms with Crippen molar-refractivity contribution in [3.8, 4) is 0 Å². The van der Waals surface area contributed by atoms with E-state index < -0.39 is 10.1 Å². The van der Waals surface area contributed by atoms with E-state index in [2.05, 4.69) is 9.22 Å². The van der Waals surface area contributed by atoms with Crippen molar-refractivity contribution in [2.45, 2.75) is 20.3 Å². The van der Waals surface area contributed by atoms with E-state index in [-0.39, 0.29) is 5.75 Å². The molecular weight excluding hydrogens is 156 g/mol. The third kappa shape index (κ3) is 4.72. The zero-order valence-corrected chi connectivity index (χ0v) is 6.98. The second kappa shape index (κ2) is 4.65. The highest BCUT2D eigenvalue weighted by atomic mass is 32.2. The predicted molar refractivity (Wildman–Crippen MR) is 36.8 cm³/mol. The molecule has 0 aromatic rings. The van der Waals surface area contributed by atoms with Gasteiger partial charge in [0.2, 0.25) is 0 Å². The smallest absolute Gasteiger partial charge is 0.220 e. The second-order valence-corrected chi connectivity index (χ2v) is 3.57. The van der Waals surface area contributed by atoms with E-state index >= 15 is 0 Å². The van der Waals surface area contributed by atoms with Crippen molar-refractivity contribution in [1.82, 2.24) is 0 Å². The van der Waals surface area contributed by atoms with Gasteiger partial charge < -0.3 is 0 Å². The largest absolute Gasteiger partial charge is 0.293 e. The van der Waals surface area contributed by atoms with E-state index in [0.717, 1.165) is 6.42 Å². The van der Waals surface area contributed by atoms with Gasteiger partial charge in [-0.2, -0.15) is 8.42 Å². The highest BCUT2D eigenvalue weighted by Crippen LogP contribution is 1.93. The zero-order chi connectivity index (χ0) is 8.04. The van der Waals surface area contributed by atoms with Crippen LogP contribution < -0.4 is 0 Å². The molecule has 0 N–H and O–H groups in total. The molecule has 0 atom stereocenters. The van der Waals surface area contributed by atoms with Crippen molar-refractivity contribution in [3.05, 3.63) is 0 Å². The summed E-state index contributed by atoms with van der Waals surface area (Å²) in [5.74, 6) is -0.0588. The van der Waals surface area contributed by atoms with Gasteiger partial charge in [-0.05, 0) is 13.3 Å². The molecule has 0 radical (unpaired) electrons. The molecule has 0 bridgehead atoms. The van der Waals surface area contributed by atoms with Crippen LogP contribution in [0.15, 0.2) is 0 Å². The molecular formula is C5H12O4S. The molecule has 0 saturated carbocycles. The first-order valence-electron chi connectivity index (χ1n) is 3.16. The Bertz CT molecular complexity index is 160. The lowest BCUT2D eigenvalue weighted by Gasteiger charge is -1.99. The SMILES string of the molecule is CCCOOS(=O)(=O)CC. The van der Waals surface area contributed by atoms with Gasteiger partial charge in [0.15, 0.2) is 0 Å². The molecule has 0 amide bonds. The Morgan fingerprint density at radius 1 is 1.30 bits per heavy atom. The van der Waals surface area contributed by atoms with Gasteiger partial charge in [-0.3, -0.25) is 0 Å². The van der Waals surface area contributed by atoms with E-state index in [1.54, 1.807) is 0 Å². The summed E-state index contributed by atoms with van der Waals surface area (Å²) < 4.78 is 25.1. The second-order valence-electron chi connectivity index (χ2n) is 1.74. The highest BCUT2D eigenvalue weighted by Gasteiger charge is 2.06. The predicted octanol–water partition coefficient (Wildman–Crippen LogP) is 0.694. The van der Waals surface area contributed by atoms with E-state index in [4.69, 9.17) is 0 Å². The van der Waals surface area contributed by atoms with Crippen molar-refractivity contribution in [3.63, 3.8) is 0 Å². The van der Waals surface area contributed by atoms with Crippen LogP contribution in [0.5, 0.6) is 0 Å². The van der Waals surface area contributed by atoms with Crippen molar-refractivity contribution < 1.29 is 17.6 Å². The first-order chi connectivity index (χ1) is 4.62. The maximum Gasteiger partial charge on any atom is 0.293 e. The van der Waals surface area contributed by atoms with E-state index in [1.165, 1.54) is 6.92 Å². The van der Waals surface area contributed by atoms with Crippen LogP contribution >= 0.6 is 0 Å². The van der Waals surface area contributed by atoms with Crippen LogP contribution in [0.25, 0.3) is 0 Å². The van der Waals surface area contributed by atoms with Crippen LogP contribution in [-0.2, 0) is 19.3 Å². The lowest BCUT2D eigenvalue weighted by Crippen LogP contribution is -2.09. The molecule has 0 rings (SSSR count). The molecule has 4 nitrogen and oxygen atoms in total. The van der Waals surface area contributed by atoms with Crippen molar-refractivity contribution >= 4 is 10.1 Å². The highest BCUT2D eigenvalue weighted by molar-refractivity contribution is 7.86. The summed E-state index contributed by atoms with van der Waals surface area (Å²) in [7, 11) is -3.41. The number of hydrogen-bond donors (Lipinski definition) is 0. The van der Waals surface area contributed by atoms with Gasteiger partial charge in [-0.25, -0.2) is 4.89 Å². The Labute approximate surface area is 61.2 Å². The maximum absolute atomic E-state index is 10.5. The molecule has 5 heteroatoms. The number of hydrogen-bond acceptors (Lipinski definition) is 4. The summed E-state index contributed by atoms with van der Waals surface area (Å²) in [5.41, 5.74) is 0. The van der Waals surface area contributed by atoms with Gasteiger partial charge in [0.05, 0.1) is 12.4 Å². The molecule has 62 valence electrons. The minimum Gasteiger partial charge on any atom is -0.220 e. The fraction of sp³-hybridized carbons (Fsp3) is 1.00. The van der Waals surface area contributed by atoms with E-state index in [0.29, 0.717) is 6.61 Å². The molecule has 0 spiro atoms. The summed E-state index contributed by atoms with van der Waals surface area (Å²) >= 11 is 0. The van der Waals surface area contributed by atoms with Crippen LogP contribution in [0.4, 0.5) is 0 Å². The summed E-state index contributed by atoms with van der Waals surface area (Å²) in [5, 5.41) is 0. The van der Waals surface area contributed by atoms with Gasteiger partial charge in [-0.15, -0.1) is 4.33 Å². The first-order valence-corrected chi connectivity index (χ1v) is 4.74. The lowest BCUT2D eigenvalue weighted by atomic mass is 10.5. The van der Waals surface area contributed by atoms with Crippen LogP contribution in [0.1, 0.15) is 20.3 Å². The minimum atomic E-state index is -3.41. The Kier molecular flexibility index (Phi) is 4.59. The minimum absolute atomic E-state index is 0.0588. The Morgan fingerprint density at radius 3 is 2.30 bits per heavy atom. The standard InChI is InChI=1S/C5H12O4S/c1-3-5-8-9-10(6,7)4-2/h3-5H2,1-2H3. The van der Waals surface area contributed by atoms with E-state index in [9.17, 15) is 8.42 Å². The molecule has 0 aliphatic heterocycles. The van der Waals surface area contributed by atoms with Crippen molar-refractivity contribution in [1.29, 1.82) is 0 Å². The molecule has 0 unspecified atom stereocenters. The quantitative estimate of drug-likeness (QED) is 0.344. The lowest BCUT2D eigenvalue weighted by molar-refractivity contribution is -0.200. The Balaban J connectivity index is 3.49. The fourth-order valence-corrected chi connectivity index (χ4v) is 0.550.